The monoisotopic (exact) mass is 286 g/mol. The topological polar surface area (TPSA) is 9.23 Å². The zero-order valence-corrected chi connectivity index (χ0v) is 12.7. The van der Waals surface area contributed by atoms with Crippen LogP contribution < -0.4 is 4.74 Å². The van der Waals surface area contributed by atoms with Gasteiger partial charge in [-0.2, -0.15) is 0 Å². The summed E-state index contributed by atoms with van der Waals surface area (Å²) in [5.41, 5.74) is 1.22. The fourth-order valence-corrected chi connectivity index (χ4v) is 3.75. The maximum absolute atomic E-state index is 6.40. The van der Waals surface area contributed by atoms with Crippen LogP contribution in [0.4, 0.5) is 0 Å². The minimum atomic E-state index is 0.133. The average Bonchev–Trinajstić information content (AvgIpc) is 2.33. The minimum absolute atomic E-state index is 0.133. The maximum atomic E-state index is 6.40. The molecule has 0 aliphatic heterocycles. The Balaban J connectivity index is 2.15. The van der Waals surface area contributed by atoms with Gasteiger partial charge in [0.05, 0.1) is 0 Å². The molecule has 1 saturated carbocycles. The summed E-state index contributed by atoms with van der Waals surface area (Å²) in [6.07, 6.45) is 3.30. The summed E-state index contributed by atoms with van der Waals surface area (Å²) in [4.78, 5) is 0. The number of rotatable bonds is 4. The van der Waals surface area contributed by atoms with Gasteiger partial charge in [-0.15, -0.1) is 11.6 Å². The lowest BCUT2D eigenvalue weighted by atomic mass is 9.62. The molecule has 1 aromatic carbocycles. The molecule has 0 bridgehead atoms. The van der Waals surface area contributed by atoms with Crippen LogP contribution in [0.25, 0.3) is 0 Å². The quantitative estimate of drug-likeness (QED) is 0.690. The number of alkyl halides is 1. The van der Waals surface area contributed by atoms with Gasteiger partial charge in [0.15, 0.2) is 0 Å². The second kappa shape index (κ2) is 5.30. The first-order valence-corrected chi connectivity index (χ1v) is 7.41. The number of aryl methyl sites for hydroxylation is 1. The molecule has 18 heavy (non-hydrogen) atoms. The predicted molar refractivity (Wildman–Crippen MR) is 77.9 cm³/mol. The number of hydrogen-bond donors (Lipinski definition) is 0. The van der Waals surface area contributed by atoms with Crippen molar-refractivity contribution >= 4 is 23.2 Å². The molecule has 1 aliphatic carbocycles. The van der Waals surface area contributed by atoms with Crippen molar-refractivity contribution < 1.29 is 4.74 Å². The number of hydrogen-bond acceptors (Lipinski definition) is 1. The lowest BCUT2D eigenvalue weighted by molar-refractivity contribution is -0.0465. The van der Waals surface area contributed by atoms with Crippen molar-refractivity contribution in [1.29, 1.82) is 0 Å². The molecule has 0 heterocycles. The summed E-state index contributed by atoms with van der Waals surface area (Å²) in [6.45, 7) is 6.42. The smallest absolute Gasteiger partial charge is 0.122 e. The molecule has 0 N–H and O–H groups in total. The summed E-state index contributed by atoms with van der Waals surface area (Å²) in [5.74, 6) is 0.930. The molecule has 2 unspecified atom stereocenters. The highest BCUT2D eigenvalue weighted by Crippen LogP contribution is 2.52. The fraction of sp³-hybridized carbons (Fsp3) is 0.600. The van der Waals surface area contributed by atoms with Gasteiger partial charge >= 0.3 is 0 Å². The van der Waals surface area contributed by atoms with Gasteiger partial charge in [-0.05, 0) is 43.5 Å². The van der Waals surface area contributed by atoms with E-state index in [4.69, 9.17) is 27.9 Å². The minimum Gasteiger partial charge on any atom is -0.489 e. The highest BCUT2D eigenvalue weighted by atomic mass is 35.5. The van der Waals surface area contributed by atoms with E-state index >= 15 is 0 Å². The van der Waals surface area contributed by atoms with E-state index in [2.05, 4.69) is 13.8 Å². The van der Waals surface area contributed by atoms with Gasteiger partial charge in [0.2, 0.25) is 0 Å². The second-order valence-electron chi connectivity index (χ2n) is 5.16. The Bertz CT molecular complexity index is 427. The third-order valence-electron chi connectivity index (χ3n) is 4.41. The van der Waals surface area contributed by atoms with Gasteiger partial charge < -0.3 is 4.74 Å². The molecule has 1 aromatic rings. The molecule has 0 amide bonds. The molecule has 0 spiro atoms. The number of halogens is 2. The Hall–Kier alpha value is -0.400. The van der Waals surface area contributed by atoms with Crippen LogP contribution in [0.5, 0.6) is 5.75 Å². The zero-order valence-electron chi connectivity index (χ0n) is 11.2. The third-order valence-corrected chi connectivity index (χ3v) is 5.26. The normalized spacial score (nSPS) is 25.6. The molecule has 2 rings (SSSR count). The Labute approximate surface area is 119 Å². The Kier molecular flexibility index (Phi) is 4.13. The molecule has 1 nitrogen and oxygen atoms in total. The average molecular weight is 287 g/mol. The van der Waals surface area contributed by atoms with Crippen molar-refractivity contribution in [1.82, 2.24) is 0 Å². The van der Waals surface area contributed by atoms with Crippen molar-refractivity contribution in [3.8, 4) is 5.75 Å². The molecular weight excluding hydrogens is 267 g/mol. The lowest BCUT2D eigenvalue weighted by Gasteiger charge is -2.52. The summed E-state index contributed by atoms with van der Waals surface area (Å²) in [6, 6.07) is 5.77. The van der Waals surface area contributed by atoms with E-state index in [-0.39, 0.29) is 16.9 Å². The van der Waals surface area contributed by atoms with Crippen molar-refractivity contribution in [2.75, 3.05) is 0 Å². The molecule has 0 saturated heterocycles. The van der Waals surface area contributed by atoms with Gasteiger partial charge in [0.1, 0.15) is 11.9 Å². The van der Waals surface area contributed by atoms with E-state index < -0.39 is 0 Å². The maximum Gasteiger partial charge on any atom is 0.122 e. The summed E-state index contributed by atoms with van der Waals surface area (Å²) in [5, 5.41) is 0.992. The van der Waals surface area contributed by atoms with Crippen LogP contribution in [0.2, 0.25) is 5.02 Å². The van der Waals surface area contributed by atoms with Gasteiger partial charge in [0.25, 0.3) is 0 Å². The highest BCUT2D eigenvalue weighted by Gasteiger charge is 2.53. The van der Waals surface area contributed by atoms with Crippen LogP contribution in [-0.4, -0.2) is 11.5 Å². The SMILES string of the molecule is CCC1(CC)C(Cl)CC1Oc1ccc(Cl)cc1C. The number of benzene rings is 1. The van der Waals surface area contributed by atoms with Gasteiger partial charge in [0, 0.05) is 22.2 Å². The Morgan fingerprint density at radius 2 is 2.00 bits per heavy atom. The molecule has 1 fully saturated rings. The van der Waals surface area contributed by atoms with Crippen molar-refractivity contribution in [2.24, 2.45) is 5.41 Å². The molecule has 0 aromatic heterocycles. The predicted octanol–water partition coefficient (Wildman–Crippen LogP) is 5.21. The molecule has 2 atom stereocenters. The van der Waals surface area contributed by atoms with Crippen LogP contribution >= 0.6 is 23.2 Å². The first kappa shape index (κ1) is 14.0. The Morgan fingerprint density at radius 3 is 2.50 bits per heavy atom. The van der Waals surface area contributed by atoms with Gasteiger partial charge in [-0.25, -0.2) is 0 Å². The second-order valence-corrected chi connectivity index (χ2v) is 6.12. The van der Waals surface area contributed by atoms with Crippen LogP contribution in [0, 0.1) is 12.3 Å². The highest BCUT2D eigenvalue weighted by molar-refractivity contribution is 6.30. The Morgan fingerprint density at radius 1 is 1.33 bits per heavy atom. The third kappa shape index (κ3) is 2.23. The van der Waals surface area contributed by atoms with E-state index in [0.29, 0.717) is 0 Å². The lowest BCUT2D eigenvalue weighted by Crippen LogP contribution is -2.56. The van der Waals surface area contributed by atoms with Crippen molar-refractivity contribution in [3.63, 3.8) is 0 Å². The largest absolute Gasteiger partial charge is 0.489 e. The van der Waals surface area contributed by atoms with Crippen LogP contribution in [0.3, 0.4) is 0 Å². The zero-order chi connectivity index (χ0) is 13.3. The van der Waals surface area contributed by atoms with E-state index in [1.165, 1.54) is 0 Å². The van der Waals surface area contributed by atoms with E-state index in [9.17, 15) is 0 Å². The molecule has 0 radical (unpaired) electrons. The van der Waals surface area contributed by atoms with Crippen LogP contribution in [0.15, 0.2) is 18.2 Å². The van der Waals surface area contributed by atoms with E-state index in [0.717, 1.165) is 35.6 Å². The first-order valence-electron chi connectivity index (χ1n) is 6.60. The number of ether oxygens (including phenoxy) is 1. The molecule has 100 valence electrons. The summed E-state index contributed by atoms with van der Waals surface area (Å²) >= 11 is 12.4. The molecule has 1 aliphatic rings. The summed E-state index contributed by atoms with van der Waals surface area (Å²) < 4.78 is 6.16. The van der Waals surface area contributed by atoms with E-state index in [1.807, 2.05) is 25.1 Å². The van der Waals surface area contributed by atoms with E-state index in [1.54, 1.807) is 0 Å². The molecular formula is C15H20Cl2O. The van der Waals surface area contributed by atoms with Crippen molar-refractivity contribution in [2.45, 2.75) is 51.5 Å². The van der Waals surface area contributed by atoms with Crippen LogP contribution in [0.1, 0.15) is 38.7 Å². The van der Waals surface area contributed by atoms with Gasteiger partial charge in [-0.1, -0.05) is 25.4 Å². The van der Waals surface area contributed by atoms with Crippen LogP contribution in [-0.2, 0) is 0 Å². The fourth-order valence-electron chi connectivity index (χ4n) is 2.91. The summed E-state index contributed by atoms with van der Waals surface area (Å²) in [7, 11) is 0. The first-order chi connectivity index (χ1) is 8.53. The standard InChI is InChI=1S/C15H20Cl2O/c1-4-15(5-2)13(17)9-14(15)18-12-7-6-11(16)8-10(12)3/h6-8,13-14H,4-5,9H2,1-3H3. The van der Waals surface area contributed by atoms with Crippen molar-refractivity contribution in [3.05, 3.63) is 28.8 Å². The van der Waals surface area contributed by atoms with Gasteiger partial charge in [-0.3, -0.25) is 0 Å². The molecule has 3 heteroatoms.